The average Bonchev–Trinajstić information content (AvgIpc) is 2.78. The number of aliphatic imine (C=N–C) groups is 1. The van der Waals surface area contributed by atoms with Gasteiger partial charge in [-0.05, 0) is 27.5 Å². The molecule has 1 aliphatic rings. The Morgan fingerprint density at radius 2 is 2.20 bits per heavy atom. The van der Waals surface area contributed by atoms with E-state index in [9.17, 15) is 4.79 Å². The zero-order valence-corrected chi connectivity index (χ0v) is 12.9. The van der Waals surface area contributed by atoms with Gasteiger partial charge in [-0.2, -0.15) is 0 Å². The predicted octanol–water partition coefficient (Wildman–Crippen LogP) is 3.11. The van der Waals surface area contributed by atoms with Crippen molar-refractivity contribution in [3.63, 3.8) is 0 Å². The van der Waals surface area contributed by atoms with Crippen LogP contribution in [0.1, 0.15) is 36.3 Å². The molecule has 0 aromatic carbocycles. The van der Waals surface area contributed by atoms with Crippen molar-refractivity contribution < 1.29 is 9.53 Å². The summed E-state index contributed by atoms with van der Waals surface area (Å²) in [5.74, 6) is 0. The number of amides is 1. The van der Waals surface area contributed by atoms with E-state index in [1.807, 2.05) is 20.8 Å². The molecular weight excluding hydrogens is 274 g/mol. The number of nitrogens with zero attached hydrogens (tertiary/aromatic N) is 3. The highest BCUT2D eigenvalue weighted by Gasteiger charge is 2.27. The molecule has 0 spiro atoms. The summed E-state index contributed by atoms with van der Waals surface area (Å²) in [7, 11) is 0. The van der Waals surface area contributed by atoms with Crippen molar-refractivity contribution in [1.82, 2.24) is 9.88 Å². The summed E-state index contributed by atoms with van der Waals surface area (Å²) >= 11 is 1.51. The Morgan fingerprint density at radius 1 is 1.50 bits per heavy atom. The summed E-state index contributed by atoms with van der Waals surface area (Å²) in [5, 5.41) is 0.774. The van der Waals surface area contributed by atoms with Crippen molar-refractivity contribution >= 4 is 29.8 Å². The zero-order chi connectivity index (χ0) is 14.9. The van der Waals surface area contributed by atoms with Crippen molar-refractivity contribution in [2.75, 3.05) is 6.54 Å². The summed E-state index contributed by atoms with van der Waals surface area (Å²) in [4.78, 5) is 23.1. The molecule has 1 aromatic heterocycles. The average molecular weight is 293 g/mol. The highest BCUT2D eigenvalue weighted by molar-refractivity contribution is 7.12. The van der Waals surface area contributed by atoms with Crippen molar-refractivity contribution in [3.05, 3.63) is 22.2 Å². The predicted molar refractivity (Wildman–Crippen MR) is 81.0 cm³/mol. The van der Waals surface area contributed by atoms with Crippen LogP contribution in [-0.4, -0.2) is 34.8 Å². The Labute approximate surface area is 123 Å². The minimum atomic E-state index is -0.475. The molecule has 0 radical (unpaired) electrons. The maximum Gasteiger partial charge on any atom is 0.410 e. The SMILES string of the molecule is C=NC(=C)c1nc2c(s1)CN(C(=O)OC(C)(C)C)CC2. The van der Waals surface area contributed by atoms with E-state index in [0.717, 1.165) is 22.0 Å². The van der Waals surface area contributed by atoms with Crippen LogP contribution in [0.3, 0.4) is 0 Å². The zero-order valence-electron chi connectivity index (χ0n) is 12.1. The number of carbonyl (C=O) groups is 1. The second kappa shape index (κ2) is 5.36. The Kier molecular flexibility index (Phi) is 3.94. The van der Waals surface area contributed by atoms with E-state index in [2.05, 4.69) is 23.3 Å². The summed E-state index contributed by atoms with van der Waals surface area (Å²) < 4.78 is 5.39. The largest absolute Gasteiger partial charge is 0.444 e. The monoisotopic (exact) mass is 293 g/mol. The van der Waals surface area contributed by atoms with E-state index < -0.39 is 5.60 Å². The second-order valence-electron chi connectivity index (χ2n) is 5.65. The Hall–Kier alpha value is -1.69. The van der Waals surface area contributed by atoms with Crippen LogP contribution in [0.4, 0.5) is 4.79 Å². The van der Waals surface area contributed by atoms with Gasteiger partial charge in [-0.1, -0.05) is 6.58 Å². The van der Waals surface area contributed by atoms with E-state index >= 15 is 0 Å². The van der Waals surface area contributed by atoms with E-state index in [4.69, 9.17) is 4.74 Å². The molecule has 0 fully saturated rings. The Balaban J connectivity index is 2.11. The van der Waals surface area contributed by atoms with Crippen LogP contribution in [0.5, 0.6) is 0 Å². The van der Waals surface area contributed by atoms with E-state index in [1.165, 1.54) is 11.3 Å². The fraction of sp³-hybridized carbons (Fsp3) is 0.500. The molecule has 0 saturated carbocycles. The van der Waals surface area contributed by atoms with Crippen LogP contribution in [0.15, 0.2) is 11.6 Å². The molecule has 0 aliphatic carbocycles. The van der Waals surface area contributed by atoms with Crippen LogP contribution >= 0.6 is 11.3 Å². The maximum absolute atomic E-state index is 12.1. The first-order valence-corrected chi connectivity index (χ1v) is 7.24. The molecule has 0 N–H and O–H groups in total. The van der Waals surface area contributed by atoms with Gasteiger partial charge in [0.25, 0.3) is 0 Å². The number of rotatable bonds is 2. The van der Waals surface area contributed by atoms with E-state index in [1.54, 1.807) is 4.90 Å². The quantitative estimate of drug-likeness (QED) is 0.787. The molecule has 0 saturated heterocycles. The molecule has 2 rings (SSSR count). The smallest absolute Gasteiger partial charge is 0.410 e. The molecule has 1 aromatic rings. The summed E-state index contributed by atoms with van der Waals surface area (Å²) in [6, 6.07) is 0. The van der Waals surface area contributed by atoms with Gasteiger partial charge in [0.1, 0.15) is 10.6 Å². The van der Waals surface area contributed by atoms with Crippen LogP contribution in [0, 0.1) is 0 Å². The van der Waals surface area contributed by atoms with Gasteiger partial charge in [-0.15, -0.1) is 11.3 Å². The van der Waals surface area contributed by atoms with Gasteiger partial charge in [0, 0.05) is 17.8 Å². The third kappa shape index (κ3) is 3.25. The molecule has 20 heavy (non-hydrogen) atoms. The number of ether oxygens (including phenoxy) is 1. The van der Waals surface area contributed by atoms with E-state index in [0.29, 0.717) is 18.8 Å². The van der Waals surface area contributed by atoms with Crippen molar-refractivity contribution in [3.8, 4) is 0 Å². The molecular formula is C14H19N3O2S. The number of carbonyl (C=O) groups excluding carboxylic acids is 1. The van der Waals surface area contributed by atoms with Crippen LogP contribution < -0.4 is 0 Å². The van der Waals surface area contributed by atoms with Crippen LogP contribution in [0.2, 0.25) is 0 Å². The lowest BCUT2D eigenvalue weighted by Crippen LogP contribution is -2.39. The minimum absolute atomic E-state index is 0.279. The summed E-state index contributed by atoms with van der Waals surface area (Å²) in [6.07, 6.45) is 0.453. The van der Waals surface area contributed by atoms with Crippen molar-refractivity contribution in [2.24, 2.45) is 4.99 Å². The molecule has 0 atom stereocenters. The maximum atomic E-state index is 12.1. The lowest BCUT2D eigenvalue weighted by molar-refractivity contribution is 0.0225. The van der Waals surface area contributed by atoms with Crippen LogP contribution in [-0.2, 0) is 17.7 Å². The lowest BCUT2D eigenvalue weighted by Gasteiger charge is -2.29. The fourth-order valence-corrected chi connectivity index (χ4v) is 2.93. The first kappa shape index (κ1) is 14.7. The topological polar surface area (TPSA) is 54.8 Å². The highest BCUT2D eigenvalue weighted by atomic mass is 32.1. The van der Waals surface area contributed by atoms with Gasteiger partial charge in [-0.3, -0.25) is 4.99 Å². The normalized spacial score (nSPS) is 14.7. The molecule has 1 amide bonds. The van der Waals surface area contributed by atoms with Crippen molar-refractivity contribution in [2.45, 2.75) is 39.3 Å². The molecule has 5 nitrogen and oxygen atoms in total. The molecule has 1 aliphatic heterocycles. The molecule has 2 heterocycles. The Bertz CT molecular complexity index is 557. The van der Waals surface area contributed by atoms with E-state index in [-0.39, 0.29) is 6.09 Å². The fourth-order valence-electron chi connectivity index (χ4n) is 1.87. The van der Waals surface area contributed by atoms with Gasteiger partial charge < -0.3 is 9.64 Å². The summed E-state index contributed by atoms with van der Waals surface area (Å²) in [6.45, 7) is 14.0. The van der Waals surface area contributed by atoms with Gasteiger partial charge in [0.15, 0.2) is 0 Å². The van der Waals surface area contributed by atoms with Crippen molar-refractivity contribution in [1.29, 1.82) is 0 Å². The first-order chi connectivity index (χ1) is 9.30. The minimum Gasteiger partial charge on any atom is -0.444 e. The standard InChI is InChI=1S/C14H19N3O2S/c1-9(15-5)12-16-10-6-7-17(8-11(10)20-12)13(18)19-14(2,3)4/h1,5-8H2,2-4H3. The Morgan fingerprint density at radius 3 is 2.80 bits per heavy atom. The number of hydrogen-bond donors (Lipinski definition) is 0. The number of fused-ring (bicyclic) bond motifs is 1. The van der Waals surface area contributed by atoms with Gasteiger partial charge in [0.2, 0.25) is 0 Å². The molecule has 0 bridgehead atoms. The second-order valence-corrected chi connectivity index (χ2v) is 6.73. The van der Waals surface area contributed by atoms with Crippen LogP contribution in [0.25, 0.3) is 5.70 Å². The number of thiazole rings is 1. The summed E-state index contributed by atoms with van der Waals surface area (Å²) in [5.41, 5.74) is 1.12. The molecule has 6 heteroatoms. The molecule has 0 unspecified atom stereocenters. The first-order valence-electron chi connectivity index (χ1n) is 6.42. The van der Waals surface area contributed by atoms with Gasteiger partial charge >= 0.3 is 6.09 Å². The number of hydrogen-bond acceptors (Lipinski definition) is 5. The lowest BCUT2D eigenvalue weighted by atomic mass is 10.2. The molecule has 108 valence electrons. The third-order valence-corrected chi connectivity index (χ3v) is 3.95. The van der Waals surface area contributed by atoms with Gasteiger partial charge in [0.05, 0.1) is 17.9 Å². The third-order valence-electron chi connectivity index (χ3n) is 2.82. The highest BCUT2D eigenvalue weighted by Crippen LogP contribution is 2.29. The van der Waals surface area contributed by atoms with Gasteiger partial charge in [-0.25, -0.2) is 9.78 Å². The number of aromatic nitrogens is 1.